The molecule has 0 N–H and O–H groups in total. The monoisotopic (exact) mass is 353 g/mol. The Morgan fingerprint density at radius 1 is 1.12 bits per heavy atom. The van der Waals surface area contributed by atoms with Gasteiger partial charge in [-0.3, -0.25) is 0 Å². The van der Waals surface area contributed by atoms with Crippen molar-refractivity contribution < 1.29 is 40.6 Å². The van der Waals surface area contributed by atoms with Crippen LogP contribution in [0.1, 0.15) is 11.3 Å². The van der Waals surface area contributed by atoms with Crippen LogP contribution in [-0.4, -0.2) is 24.7 Å². The molecule has 0 saturated heterocycles. The SMILES string of the molecule is COC(=O)COc1cc(C(F)(F)F)nc2c(C(F)(F)F)cccc12. The maximum atomic E-state index is 13.0. The molecule has 2 aromatic rings. The molecule has 0 atom stereocenters. The van der Waals surface area contributed by atoms with Gasteiger partial charge in [-0.1, -0.05) is 6.07 Å². The van der Waals surface area contributed by atoms with Gasteiger partial charge in [0, 0.05) is 11.5 Å². The second-order valence-electron chi connectivity index (χ2n) is 4.57. The number of benzene rings is 1. The molecule has 0 radical (unpaired) electrons. The maximum absolute atomic E-state index is 13.0. The molecule has 0 spiro atoms. The Morgan fingerprint density at radius 2 is 1.79 bits per heavy atom. The first kappa shape index (κ1) is 17.8. The van der Waals surface area contributed by atoms with E-state index in [9.17, 15) is 31.1 Å². The minimum absolute atomic E-state index is 0.304. The van der Waals surface area contributed by atoms with E-state index in [0.717, 1.165) is 19.2 Å². The summed E-state index contributed by atoms with van der Waals surface area (Å²) in [7, 11) is 1.03. The lowest BCUT2D eigenvalue weighted by molar-refractivity contribution is -0.143. The zero-order chi connectivity index (χ0) is 18.1. The summed E-state index contributed by atoms with van der Waals surface area (Å²) < 4.78 is 86.9. The lowest BCUT2D eigenvalue weighted by atomic mass is 10.1. The van der Waals surface area contributed by atoms with E-state index in [-0.39, 0.29) is 5.39 Å². The number of pyridine rings is 1. The predicted molar refractivity (Wildman–Crippen MR) is 69.3 cm³/mol. The van der Waals surface area contributed by atoms with Gasteiger partial charge in [-0.05, 0) is 12.1 Å². The fourth-order valence-corrected chi connectivity index (χ4v) is 1.91. The molecule has 24 heavy (non-hydrogen) atoms. The summed E-state index contributed by atoms with van der Waals surface area (Å²) in [4.78, 5) is 14.1. The van der Waals surface area contributed by atoms with Gasteiger partial charge < -0.3 is 9.47 Å². The Labute approximate surface area is 131 Å². The van der Waals surface area contributed by atoms with Crippen molar-refractivity contribution in [3.05, 3.63) is 35.5 Å². The van der Waals surface area contributed by atoms with E-state index in [0.29, 0.717) is 12.1 Å². The molecule has 1 heterocycles. The summed E-state index contributed by atoms with van der Waals surface area (Å²) in [5, 5.41) is -0.304. The minimum Gasteiger partial charge on any atom is -0.481 e. The fourth-order valence-electron chi connectivity index (χ4n) is 1.91. The second kappa shape index (κ2) is 6.17. The molecule has 0 aliphatic rings. The Morgan fingerprint density at radius 3 is 2.33 bits per heavy atom. The van der Waals surface area contributed by atoms with Gasteiger partial charge >= 0.3 is 18.3 Å². The number of methoxy groups -OCH3 is 1. The smallest absolute Gasteiger partial charge is 0.433 e. The summed E-state index contributed by atoms with van der Waals surface area (Å²) in [6, 6.07) is 3.17. The zero-order valence-electron chi connectivity index (χ0n) is 12.0. The number of nitrogens with zero attached hydrogens (tertiary/aromatic N) is 1. The molecule has 0 fully saturated rings. The predicted octanol–water partition coefficient (Wildman–Crippen LogP) is 3.82. The third kappa shape index (κ3) is 3.69. The highest BCUT2D eigenvalue weighted by molar-refractivity contribution is 5.88. The molecular weight excluding hydrogens is 344 g/mol. The number of halogens is 6. The molecule has 0 saturated carbocycles. The minimum atomic E-state index is -4.99. The van der Waals surface area contributed by atoms with Crippen LogP contribution in [0.5, 0.6) is 5.75 Å². The number of rotatable bonds is 3. The highest BCUT2D eigenvalue weighted by Gasteiger charge is 2.37. The highest BCUT2D eigenvalue weighted by Crippen LogP contribution is 2.39. The number of para-hydroxylation sites is 1. The largest absolute Gasteiger partial charge is 0.481 e. The average Bonchev–Trinajstić information content (AvgIpc) is 2.49. The first-order chi connectivity index (χ1) is 11.0. The maximum Gasteiger partial charge on any atom is 0.433 e. The van der Waals surface area contributed by atoms with Gasteiger partial charge in [0.2, 0.25) is 0 Å². The van der Waals surface area contributed by atoms with Gasteiger partial charge in [0.1, 0.15) is 11.4 Å². The number of carbonyl (C=O) groups is 1. The molecule has 0 unspecified atom stereocenters. The van der Waals surface area contributed by atoms with Crippen molar-refractivity contribution in [1.82, 2.24) is 4.98 Å². The first-order valence-corrected chi connectivity index (χ1v) is 6.32. The standard InChI is InChI=1S/C14H9F6NO3/c1-23-11(22)6-24-9-5-10(14(18,19)20)21-12-7(9)3-2-4-8(12)13(15,16)17/h2-5H,6H2,1H3. The van der Waals surface area contributed by atoms with E-state index in [1.54, 1.807) is 0 Å². The number of hydrogen-bond acceptors (Lipinski definition) is 4. The van der Waals surface area contributed by atoms with Gasteiger partial charge in [0.15, 0.2) is 6.61 Å². The van der Waals surface area contributed by atoms with Crippen molar-refractivity contribution in [2.24, 2.45) is 0 Å². The Balaban J connectivity index is 2.69. The average molecular weight is 353 g/mol. The highest BCUT2D eigenvalue weighted by atomic mass is 19.4. The van der Waals surface area contributed by atoms with Gasteiger partial charge in [-0.2, -0.15) is 26.3 Å². The molecule has 4 nitrogen and oxygen atoms in total. The number of alkyl halides is 6. The van der Waals surface area contributed by atoms with E-state index in [4.69, 9.17) is 4.74 Å². The van der Waals surface area contributed by atoms with E-state index < -0.39 is 47.5 Å². The number of aromatic nitrogens is 1. The quantitative estimate of drug-likeness (QED) is 0.622. The molecule has 0 aliphatic heterocycles. The van der Waals surface area contributed by atoms with Crippen molar-refractivity contribution >= 4 is 16.9 Å². The Bertz CT molecular complexity index is 769. The van der Waals surface area contributed by atoms with Crippen molar-refractivity contribution in [1.29, 1.82) is 0 Å². The summed E-state index contributed by atoms with van der Waals surface area (Å²) in [6.45, 7) is -0.761. The number of fused-ring (bicyclic) bond motifs is 1. The summed E-state index contributed by atoms with van der Waals surface area (Å²) >= 11 is 0. The molecule has 2 rings (SSSR count). The van der Waals surface area contributed by atoms with Crippen LogP contribution in [0, 0.1) is 0 Å². The number of hydrogen-bond donors (Lipinski definition) is 0. The molecule has 0 bridgehead atoms. The molecular formula is C14H9F6NO3. The molecule has 1 aromatic heterocycles. The van der Waals surface area contributed by atoms with Crippen LogP contribution >= 0.6 is 0 Å². The molecule has 10 heteroatoms. The van der Waals surface area contributed by atoms with Crippen molar-refractivity contribution in [3.63, 3.8) is 0 Å². The molecule has 1 aromatic carbocycles. The Hall–Kier alpha value is -2.52. The van der Waals surface area contributed by atoms with Crippen LogP contribution in [0.25, 0.3) is 10.9 Å². The summed E-state index contributed by atoms with van der Waals surface area (Å²) in [5.41, 5.74) is -3.82. The van der Waals surface area contributed by atoms with Crippen molar-refractivity contribution in [2.75, 3.05) is 13.7 Å². The topological polar surface area (TPSA) is 48.4 Å². The van der Waals surface area contributed by atoms with Crippen LogP contribution in [0.4, 0.5) is 26.3 Å². The van der Waals surface area contributed by atoms with Crippen LogP contribution in [0.15, 0.2) is 24.3 Å². The third-order valence-corrected chi connectivity index (χ3v) is 2.97. The van der Waals surface area contributed by atoms with Crippen LogP contribution in [0.2, 0.25) is 0 Å². The van der Waals surface area contributed by atoms with Crippen LogP contribution in [0.3, 0.4) is 0 Å². The van der Waals surface area contributed by atoms with Gasteiger partial charge in [0.05, 0.1) is 18.2 Å². The summed E-state index contributed by atoms with van der Waals surface area (Å²) in [5.74, 6) is -1.45. The van der Waals surface area contributed by atoms with Crippen LogP contribution in [-0.2, 0) is 21.9 Å². The van der Waals surface area contributed by atoms with E-state index in [1.165, 1.54) is 0 Å². The zero-order valence-corrected chi connectivity index (χ0v) is 12.0. The van der Waals surface area contributed by atoms with Crippen molar-refractivity contribution in [3.8, 4) is 5.75 Å². The van der Waals surface area contributed by atoms with Gasteiger partial charge in [-0.15, -0.1) is 0 Å². The lowest BCUT2D eigenvalue weighted by Gasteiger charge is -2.15. The van der Waals surface area contributed by atoms with E-state index in [1.807, 2.05) is 0 Å². The number of esters is 1. The van der Waals surface area contributed by atoms with Gasteiger partial charge in [-0.25, -0.2) is 9.78 Å². The van der Waals surface area contributed by atoms with Gasteiger partial charge in [0.25, 0.3) is 0 Å². The molecule has 0 amide bonds. The van der Waals surface area contributed by atoms with Crippen molar-refractivity contribution in [2.45, 2.75) is 12.4 Å². The first-order valence-electron chi connectivity index (χ1n) is 6.32. The normalized spacial score (nSPS) is 12.3. The Kier molecular flexibility index (Phi) is 4.59. The lowest BCUT2D eigenvalue weighted by Crippen LogP contribution is -2.15. The molecule has 130 valence electrons. The van der Waals surface area contributed by atoms with E-state index in [2.05, 4.69) is 9.72 Å². The molecule has 0 aliphatic carbocycles. The fraction of sp³-hybridized carbons (Fsp3) is 0.286. The van der Waals surface area contributed by atoms with E-state index >= 15 is 0 Å². The second-order valence-corrected chi connectivity index (χ2v) is 4.57. The number of ether oxygens (including phenoxy) is 2. The number of carbonyl (C=O) groups excluding carboxylic acids is 1. The summed E-state index contributed by atoms with van der Waals surface area (Å²) in [6.07, 6.45) is -9.90. The van der Waals surface area contributed by atoms with Crippen LogP contribution < -0.4 is 4.74 Å². The third-order valence-electron chi connectivity index (χ3n) is 2.97.